The third-order valence-corrected chi connectivity index (χ3v) is 2.69. The number of amides is 1. The lowest BCUT2D eigenvalue weighted by Gasteiger charge is -2.12. The van der Waals surface area contributed by atoms with Crippen molar-refractivity contribution in [3.63, 3.8) is 0 Å². The lowest BCUT2D eigenvalue weighted by molar-refractivity contribution is -0.117. The van der Waals surface area contributed by atoms with Gasteiger partial charge in [-0.1, -0.05) is 0 Å². The van der Waals surface area contributed by atoms with Gasteiger partial charge in [0.15, 0.2) is 0 Å². The van der Waals surface area contributed by atoms with Crippen LogP contribution in [-0.2, 0) is 4.79 Å². The Bertz CT molecular complexity index is 478. The van der Waals surface area contributed by atoms with E-state index in [-0.39, 0.29) is 6.04 Å². The predicted octanol–water partition coefficient (Wildman–Crippen LogP) is 2.02. The summed E-state index contributed by atoms with van der Waals surface area (Å²) in [5.41, 5.74) is 2.28. The molecule has 0 bridgehead atoms. The van der Waals surface area contributed by atoms with Gasteiger partial charge in [0.05, 0.1) is 12.7 Å². The first-order chi connectivity index (χ1) is 8.36. The van der Waals surface area contributed by atoms with Crippen molar-refractivity contribution in [1.29, 1.82) is 0 Å². The zero-order valence-electron chi connectivity index (χ0n) is 11.5. The van der Waals surface area contributed by atoms with E-state index in [4.69, 9.17) is 4.74 Å². The molecule has 0 fully saturated rings. The highest BCUT2D eigenvalue weighted by Gasteiger charge is 2.21. The Balaban J connectivity index is 3.12. The molecule has 0 aliphatic rings. The van der Waals surface area contributed by atoms with Crippen LogP contribution in [0, 0.1) is 13.8 Å². The number of nitrogens with one attached hydrogen (secondary N) is 1. The highest BCUT2D eigenvalue weighted by atomic mass is 16.5. The molecule has 0 spiro atoms. The number of methoxy groups -OCH3 is 1. The molecule has 4 nitrogen and oxygen atoms in total. The third-order valence-electron chi connectivity index (χ3n) is 2.69. The molecule has 18 heavy (non-hydrogen) atoms. The average molecular weight is 249 g/mol. The Morgan fingerprint density at radius 2 is 1.72 bits per heavy atom. The zero-order valence-corrected chi connectivity index (χ0v) is 11.5. The fourth-order valence-electron chi connectivity index (χ4n) is 1.59. The molecule has 0 saturated heterocycles. The minimum Gasteiger partial charge on any atom is -0.496 e. The molecule has 1 N–H and O–H groups in total. The van der Waals surface area contributed by atoms with Gasteiger partial charge in [-0.15, -0.1) is 0 Å². The number of carbonyl (C=O) groups excluding carboxylic acids is 2. The maximum atomic E-state index is 12.0. The summed E-state index contributed by atoms with van der Waals surface area (Å²) in [6, 6.07) is 3.39. The van der Waals surface area contributed by atoms with Gasteiger partial charge in [-0.25, -0.2) is 0 Å². The highest BCUT2D eigenvalue weighted by molar-refractivity contribution is 6.43. The molecule has 0 aliphatic carbocycles. The van der Waals surface area contributed by atoms with Gasteiger partial charge in [0, 0.05) is 6.04 Å². The van der Waals surface area contributed by atoms with E-state index in [1.54, 1.807) is 12.1 Å². The van der Waals surface area contributed by atoms with Gasteiger partial charge < -0.3 is 10.1 Å². The third kappa shape index (κ3) is 3.09. The van der Waals surface area contributed by atoms with Gasteiger partial charge in [0.2, 0.25) is 0 Å². The van der Waals surface area contributed by atoms with Crippen LogP contribution < -0.4 is 10.1 Å². The number of rotatable bonds is 4. The van der Waals surface area contributed by atoms with Gasteiger partial charge in [-0.05, 0) is 51.0 Å². The number of Topliss-reactive ketones (excluding diaryl/α,β-unsaturated/α-hetero) is 1. The molecule has 1 aromatic rings. The summed E-state index contributed by atoms with van der Waals surface area (Å²) in [6.45, 7) is 7.44. The van der Waals surface area contributed by atoms with Crippen molar-refractivity contribution in [3.8, 4) is 5.75 Å². The number of benzene rings is 1. The van der Waals surface area contributed by atoms with E-state index in [0.717, 1.165) is 11.1 Å². The van der Waals surface area contributed by atoms with Crippen LogP contribution in [0.2, 0.25) is 0 Å². The Morgan fingerprint density at radius 3 is 2.22 bits per heavy atom. The SMILES string of the molecule is COc1cc(C)c(C)cc1C(=O)C(=O)NC(C)C. The Kier molecular flexibility index (Phi) is 4.48. The van der Waals surface area contributed by atoms with Crippen LogP contribution in [0.1, 0.15) is 35.3 Å². The van der Waals surface area contributed by atoms with Crippen molar-refractivity contribution in [1.82, 2.24) is 5.32 Å². The Labute approximate surface area is 107 Å². The molecule has 0 aliphatic heterocycles. The topological polar surface area (TPSA) is 55.4 Å². The summed E-state index contributed by atoms with van der Waals surface area (Å²) < 4.78 is 5.16. The Morgan fingerprint density at radius 1 is 1.17 bits per heavy atom. The monoisotopic (exact) mass is 249 g/mol. The van der Waals surface area contributed by atoms with Gasteiger partial charge in [0.1, 0.15) is 5.75 Å². The first kappa shape index (κ1) is 14.2. The van der Waals surface area contributed by atoms with Gasteiger partial charge in [-0.2, -0.15) is 0 Å². The van der Waals surface area contributed by atoms with Crippen LogP contribution in [0.4, 0.5) is 0 Å². The molecule has 0 aromatic heterocycles. The maximum absolute atomic E-state index is 12.0. The minimum absolute atomic E-state index is 0.0704. The van der Waals surface area contributed by atoms with Gasteiger partial charge in [0.25, 0.3) is 11.7 Å². The Hall–Kier alpha value is -1.84. The molecule has 0 atom stereocenters. The summed E-state index contributed by atoms with van der Waals surface area (Å²) in [5, 5.41) is 2.58. The lowest BCUT2D eigenvalue weighted by Crippen LogP contribution is -2.36. The smallest absolute Gasteiger partial charge is 0.292 e. The molecular weight excluding hydrogens is 230 g/mol. The van der Waals surface area contributed by atoms with Gasteiger partial charge in [-0.3, -0.25) is 9.59 Å². The number of ether oxygens (including phenoxy) is 1. The van der Waals surface area contributed by atoms with Crippen molar-refractivity contribution < 1.29 is 14.3 Å². The second-order valence-electron chi connectivity index (χ2n) is 4.59. The first-order valence-electron chi connectivity index (χ1n) is 5.87. The molecular formula is C14H19NO3. The molecule has 1 rings (SSSR count). The van der Waals surface area contributed by atoms with E-state index < -0.39 is 11.7 Å². The summed E-state index contributed by atoms with van der Waals surface area (Å²) in [5.74, 6) is -0.739. The summed E-state index contributed by atoms with van der Waals surface area (Å²) in [7, 11) is 1.49. The largest absolute Gasteiger partial charge is 0.496 e. The first-order valence-corrected chi connectivity index (χ1v) is 5.87. The van der Waals surface area contributed by atoms with Crippen molar-refractivity contribution in [2.45, 2.75) is 33.7 Å². The quantitative estimate of drug-likeness (QED) is 0.656. The van der Waals surface area contributed by atoms with Crippen molar-refractivity contribution in [3.05, 3.63) is 28.8 Å². The lowest BCUT2D eigenvalue weighted by atomic mass is 10.0. The summed E-state index contributed by atoms with van der Waals surface area (Å²) in [4.78, 5) is 23.7. The number of aryl methyl sites for hydroxylation is 2. The zero-order chi connectivity index (χ0) is 13.9. The molecule has 0 unspecified atom stereocenters. The van der Waals surface area contributed by atoms with E-state index >= 15 is 0 Å². The molecule has 4 heteroatoms. The van der Waals surface area contributed by atoms with Crippen molar-refractivity contribution >= 4 is 11.7 Å². The van der Waals surface area contributed by atoms with Crippen molar-refractivity contribution in [2.75, 3.05) is 7.11 Å². The van der Waals surface area contributed by atoms with Crippen LogP contribution >= 0.6 is 0 Å². The van der Waals surface area contributed by atoms with Crippen LogP contribution in [0.3, 0.4) is 0 Å². The molecule has 0 saturated carbocycles. The second kappa shape index (κ2) is 5.67. The van der Waals surface area contributed by atoms with Crippen LogP contribution in [0.25, 0.3) is 0 Å². The molecule has 0 heterocycles. The molecule has 0 radical (unpaired) electrons. The fraction of sp³-hybridized carbons (Fsp3) is 0.429. The normalized spacial score (nSPS) is 10.3. The predicted molar refractivity (Wildman–Crippen MR) is 70.1 cm³/mol. The minimum atomic E-state index is -0.605. The van der Waals surface area contributed by atoms with E-state index in [2.05, 4.69) is 5.32 Å². The molecule has 1 amide bonds. The van der Waals surface area contributed by atoms with E-state index in [9.17, 15) is 9.59 Å². The van der Waals surface area contributed by atoms with E-state index in [0.29, 0.717) is 11.3 Å². The number of carbonyl (C=O) groups is 2. The number of hydrogen-bond donors (Lipinski definition) is 1. The van der Waals surface area contributed by atoms with Crippen LogP contribution in [0.15, 0.2) is 12.1 Å². The van der Waals surface area contributed by atoms with Gasteiger partial charge >= 0.3 is 0 Å². The molecule has 98 valence electrons. The fourth-order valence-corrected chi connectivity index (χ4v) is 1.59. The number of ketones is 1. The summed E-state index contributed by atoms with van der Waals surface area (Å²) in [6.07, 6.45) is 0. The maximum Gasteiger partial charge on any atom is 0.292 e. The second-order valence-corrected chi connectivity index (χ2v) is 4.59. The summed E-state index contributed by atoms with van der Waals surface area (Å²) >= 11 is 0. The van der Waals surface area contributed by atoms with Crippen LogP contribution in [-0.4, -0.2) is 24.8 Å². The number of hydrogen-bond acceptors (Lipinski definition) is 3. The van der Waals surface area contributed by atoms with E-state index in [1.807, 2.05) is 27.7 Å². The standard InChI is InChI=1S/C14H19NO3/c1-8(2)15-14(17)13(16)11-6-9(3)10(4)7-12(11)18-5/h6-8H,1-5H3,(H,15,17). The van der Waals surface area contributed by atoms with Crippen molar-refractivity contribution in [2.24, 2.45) is 0 Å². The van der Waals surface area contributed by atoms with Crippen LogP contribution in [0.5, 0.6) is 5.75 Å². The molecule has 1 aromatic carbocycles. The average Bonchev–Trinajstić information content (AvgIpc) is 2.30. The van der Waals surface area contributed by atoms with E-state index in [1.165, 1.54) is 7.11 Å². The highest BCUT2D eigenvalue weighted by Crippen LogP contribution is 2.23.